The summed E-state index contributed by atoms with van der Waals surface area (Å²) < 4.78 is 6.23. The molecule has 1 amide bonds. The third-order valence-electron chi connectivity index (χ3n) is 5.93. The lowest BCUT2D eigenvalue weighted by atomic mass is 10.0. The monoisotopic (exact) mass is 466 g/mol. The van der Waals surface area contributed by atoms with Gasteiger partial charge in [0.2, 0.25) is 0 Å². The highest BCUT2D eigenvalue weighted by atomic mass is 16.5. The first-order chi connectivity index (χ1) is 16.8. The second-order valence-electron chi connectivity index (χ2n) is 9.26. The lowest BCUT2D eigenvalue weighted by Gasteiger charge is -2.14. The van der Waals surface area contributed by atoms with Crippen LogP contribution in [0.5, 0.6) is 11.5 Å². The fourth-order valence-electron chi connectivity index (χ4n) is 3.99. The van der Waals surface area contributed by atoms with Crippen LogP contribution in [0.25, 0.3) is 10.9 Å². The number of pyridine rings is 1. The predicted octanol–water partition coefficient (Wildman–Crippen LogP) is 6.80. The van der Waals surface area contributed by atoms with Crippen LogP contribution in [-0.4, -0.2) is 16.7 Å². The first-order valence-electron chi connectivity index (χ1n) is 11.8. The van der Waals surface area contributed by atoms with Gasteiger partial charge in [-0.05, 0) is 61.2 Å². The number of nitrogens with one attached hydrogen (secondary N) is 1. The van der Waals surface area contributed by atoms with Gasteiger partial charge in [0, 0.05) is 41.2 Å². The van der Waals surface area contributed by atoms with E-state index in [-0.39, 0.29) is 11.7 Å². The average Bonchev–Trinajstić information content (AvgIpc) is 2.83. The van der Waals surface area contributed by atoms with Crippen LogP contribution in [-0.2, 0) is 6.54 Å². The smallest absolute Gasteiger partial charge is 0.251 e. The van der Waals surface area contributed by atoms with E-state index in [4.69, 9.17) is 4.74 Å². The summed E-state index contributed by atoms with van der Waals surface area (Å²) in [5.41, 5.74) is 4.95. The number of hydrogen-bond donors (Lipinski definition) is 1. The minimum Gasteiger partial charge on any atom is -0.456 e. The Morgan fingerprint density at radius 1 is 0.943 bits per heavy atom. The molecule has 3 aromatic carbocycles. The molecular weight excluding hydrogens is 436 g/mol. The van der Waals surface area contributed by atoms with Gasteiger partial charge in [-0.2, -0.15) is 0 Å². The van der Waals surface area contributed by atoms with Gasteiger partial charge in [-0.25, -0.2) is 0 Å². The summed E-state index contributed by atoms with van der Waals surface area (Å²) in [6, 6.07) is 20.8. The number of carbonyl (C=O) groups excluding carboxylic acids is 2. The van der Waals surface area contributed by atoms with E-state index in [9.17, 15) is 9.59 Å². The van der Waals surface area contributed by atoms with Gasteiger partial charge < -0.3 is 10.1 Å². The Balaban J connectivity index is 1.46. The second-order valence-corrected chi connectivity index (χ2v) is 9.26. The molecule has 178 valence electrons. The molecule has 0 aliphatic carbocycles. The number of amides is 1. The zero-order valence-electron chi connectivity index (χ0n) is 20.6. The summed E-state index contributed by atoms with van der Waals surface area (Å²) >= 11 is 0. The van der Waals surface area contributed by atoms with Gasteiger partial charge in [-0.15, -0.1) is 0 Å². The highest BCUT2D eigenvalue weighted by Crippen LogP contribution is 2.32. The molecule has 0 atom stereocenters. The highest BCUT2D eigenvalue weighted by Gasteiger charge is 2.14. The second kappa shape index (κ2) is 10.5. The molecule has 4 aromatic rings. The van der Waals surface area contributed by atoms with E-state index in [1.165, 1.54) is 0 Å². The molecule has 35 heavy (non-hydrogen) atoms. The van der Waals surface area contributed by atoms with Gasteiger partial charge in [-0.1, -0.05) is 50.2 Å². The lowest BCUT2D eigenvalue weighted by molar-refractivity contribution is 0.0946. The van der Waals surface area contributed by atoms with Crippen LogP contribution in [0.1, 0.15) is 57.7 Å². The van der Waals surface area contributed by atoms with Gasteiger partial charge in [-0.3, -0.25) is 14.6 Å². The predicted molar refractivity (Wildman–Crippen MR) is 139 cm³/mol. The molecule has 1 aromatic heterocycles. The van der Waals surface area contributed by atoms with Crippen molar-refractivity contribution in [3.8, 4) is 11.5 Å². The number of benzene rings is 3. The number of ether oxygens (including phenoxy) is 1. The van der Waals surface area contributed by atoms with Gasteiger partial charge in [0.15, 0.2) is 5.78 Å². The van der Waals surface area contributed by atoms with Crippen LogP contribution in [0, 0.1) is 19.8 Å². The molecule has 1 N–H and O–H groups in total. The number of ketones is 1. The van der Waals surface area contributed by atoms with Crippen molar-refractivity contribution in [3.63, 3.8) is 0 Å². The summed E-state index contributed by atoms with van der Waals surface area (Å²) in [6.07, 6.45) is 2.26. The molecule has 0 saturated heterocycles. The topological polar surface area (TPSA) is 68.3 Å². The van der Waals surface area contributed by atoms with Gasteiger partial charge >= 0.3 is 0 Å². The maximum Gasteiger partial charge on any atom is 0.251 e. The molecule has 0 aliphatic rings. The Hall–Kier alpha value is -3.99. The molecule has 0 saturated carbocycles. The molecule has 0 bridgehead atoms. The summed E-state index contributed by atoms with van der Waals surface area (Å²) in [5.74, 6) is 1.61. The van der Waals surface area contributed by atoms with Gasteiger partial charge in [0.25, 0.3) is 5.91 Å². The van der Waals surface area contributed by atoms with Crippen molar-refractivity contribution >= 4 is 22.6 Å². The van der Waals surface area contributed by atoms with Crippen molar-refractivity contribution < 1.29 is 14.3 Å². The van der Waals surface area contributed by atoms with E-state index in [2.05, 4.69) is 10.3 Å². The Labute approximate surface area is 206 Å². The normalized spacial score (nSPS) is 11.0. The standard InChI is InChI=1S/C30H30N2O3/c1-19(2)16-27(33)23-11-9-22(10-12-23)18-32-30(34)24-6-5-7-28(21(24)4)35-29-14-15-31-26-17-20(3)8-13-25(26)29/h5-15,17,19H,16,18H2,1-4H3,(H,32,34). The Morgan fingerprint density at radius 3 is 2.46 bits per heavy atom. The Kier molecular flexibility index (Phi) is 7.25. The molecule has 1 heterocycles. The van der Waals surface area contributed by atoms with Crippen molar-refractivity contribution in [2.24, 2.45) is 5.92 Å². The molecule has 0 fully saturated rings. The Bertz CT molecular complexity index is 1370. The Morgan fingerprint density at radius 2 is 1.71 bits per heavy atom. The van der Waals surface area contributed by atoms with E-state index >= 15 is 0 Å². The largest absolute Gasteiger partial charge is 0.456 e. The quantitative estimate of drug-likeness (QED) is 0.290. The number of hydrogen-bond acceptors (Lipinski definition) is 4. The van der Waals surface area contributed by atoms with E-state index < -0.39 is 0 Å². The molecular formula is C30H30N2O3. The molecule has 5 nitrogen and oxygen atoms in total. The molecule has 5 heteroatoms. The third kappa shape index (κ3) is 5.75. The molecule has 4 rings (SSSR count). The summed E-state index contributed by atoms with van der Waals surface area (Å²) in [4.78, 5) is 29.6. The first-order valence-corrected chi connectivity index (χ1v) is 11.8. The number of fused-ring (bicyclic) bond motifs is 1. The zero-order chi connectivity index (χ0) is 24.9. The fourth-order valence-corrected chi connectivity index (χ4v) is 3.99. The highest BCUT2D eigenvalue weighted by molar-refractivity contribution is 5.97. The number of nitrogens with zero attached hydrogens (tertiary/aromatic N) is 1. The number of aryl methyl sites for hydroxylation is 1. The summed E-state index contributed by atoms with van der Waals surface area (Å²) in [7, 11) is 0. The maximum absolute atomic E-state index is 13.0. The fraction of sp³-hybridized carbons (Fsp3) is 0.233. The third-order valence-corrected chi connectivity index (χ3v) is 5.93. The van der Waals surface area contributed by atoms with Gasteiger partial charge in [0.1, 0.15) is 11.5 Å². The molecule has 0 spiro atoms. The van der Waals surface area contributed by atoms with Crippen LogP contribution >= 0.6 is 0 Å². The van der Waals surface area contributed by atoms with Crippen molar-refractivity contribution in [1.82, 2.24) is 10.3 Å². The molecule has 0 unspecified atom stereocenters. The molecule has 0 aliphatic heterocycles. The summed E-state index contributed by atoms with van der Waals surface area (Å²) in [5, 5.41) is 3.89. The van der Waals surface area contributed by atoms with Crippen molar-refractivity contribution in [2.45, 2.75) is 40.7 Å². The van der Waals surface area contributed by atoms with E-state index in [0.29, 0.717) is 41.5 Å². The number of carbonyl (C=O) groups is 2. The molecule has 0 radical (unpaired) electrons. The van der Waals surface area contributed by atoms with Crippen molar-refractivity contribution in [2.75, 3.05) is 0 Å². The first kappa shape index (κ1) is 24.1. The van der Waals surface area contributed by atoms with Crippen LogP contribution in [0.3, 0.4) is 0 Å². The lowest BCUT2D eigenvalue weighted by Crippen LogP contribution is -2.23. The maximum atomic E-state index is 13.0. The number of Topliss-reactive ketones (excluding diaryl/α,β-unsaturated/α-hetero) is 1. The van der Waals surface area contributed by atoms with Gasteiger partial charge in [0.05, 0.1) is 5.52 Å². The minimum atomic E-state index is -0.178. The number of aromatic nitrogens is 1. The van der Waals surface area contributed by atoms with Crippen LogP contribution < -0.4 is 10.1 Å². The zero-order valence-corrected chi connectivity index (χ0v) is 20.6. The SMILES string of the molecule is Cc1ccc2c(Oc3cccc(C(=O)NCc4ccc(C(=O)CC(C)C)cc4)c3C)ccnc2c1. The van der Waals surface area contributed by atoms with Crippen LogP contribution in [0.15, 0.2) is 72.9 Å². The summed E-state index contributed by atoms with van der Waals surface area (Å²) in [6.45, 7) is 8.35. The average molecular weight is 467 g/mol. The van der Waals surface area contributed by atoms with E-state index in [0.717, 1.165) is 27.6 Å². The van der Waals surface area contributed by atoms with Crippen molar-refractivity contribution in [3.05, 3.63) is 101 Å². The van der Waals surface area contributed by atoms with E-state index in [1.54, 1.807) is 12.3 Å². The van der Waals surface area contributed by atoms with Crippen molar-refractivity contribution in [1.29, 1.82) is 0 Å². The number of rotatable bonds is 8. The van der Waals surface area contributed by atoms with E-state index in [1.807, 2.05) is 88.4 Å². The van der Waals surface area contributed by atoms with Crippen LogP contribution in [0.4, 0.5) is 0 Å². The minimum absolute atomic E-state index is 0.139. The van der Waals surface area contributed by atoms with Crippen LogP contribution in [0.2, 0.25) is 0 Å².